The van der Waals surface area contributed by atoms with Crippen LogP contribution in [0.25, 0.3) is 11.3 Å². The lowest BCUT2D eigenvalue weighted by atomic mass is 9.95. The first kappa shape index (κ1) is 16.3. The summed E-state index contributed by atoms with van der Waals surface area (Å²) in [5, 5.41) is 14.3. The van der Waals surface area contributed by atoms with Crippen LogP contribution < -0.4 is 0 Å². The summed E-state index contributed by atoms with van der Waals surface area (Å²) < 4.78 is 15.4. The van der Waals surface area contributed by atoms with E-state index in [1.54, 1.807) is 19.2 Å². The van der Waals surface area contributed by atoms with Crippen molar-refractivity contribution in [3.8, 4) is 11.3 Å². The van der Waals surface area contributed by atoms with Crippen molar-refractivity contribution in [2.24, 2.45) is 0 Å². The highest BCUT2D eigenvalue weighted by molar-refractivity contribution is 5.68. The molecule has 0 aliphatic rings. The number of nitrogens with zero attached hydrogens (tertiary/aromatic N) is 3. The summed E-state index contributed by atoms with van der Waals surface area (Å²) in [6, 6.07) is 8.33. The largest absolute Gasteiger partial charge is 0.389 e. The molecule has 3 aromatic rings. The van der Waals surface area contributed by atoms with E-state index in [1.807, 2.05) is 36.1 Å². The number of aryl methyl sites for hydroxylation is 1. The highest BCUT2D eigenvalue weighted by atomic mass is 19.1. The molecule has 1 N–H and O–H groups in total. The molecule has 2 heterocycles. The maximum atomic E-state index is 13.6. The van der Waals surface area contributed by atoms with Crippen molar-refractivity contribution < 1.29 is 9.50 Å². The van der Waals surface area contributed by atoms with E-state index in [-0.39, 0.29) is 5.82 Å². The van der Waals surface area contributed by atoms with Crippen LogP contribution in [0.5, 0.6) is 0 Å². The van der Waals surface area contributed by atoms with Crippen molar-refractivity contribution in [1.29, 1.82) is 0 Å². The molecule has 0 aliphatic carbocycles. The fraction of sp³-hybridized carbons (Fsp3) is 0.263. The topological polar surface area (TPSA) is 50.9 Å². The van der Waals surface area contributed by atoms with Crippen LogP contribution in [0.3, 0.4) is 0 Å². The van der Waals surface area contributed by atoms with Gasteiger partial charge in [0.25, 0.3) is 0 Å². The second kappa shape index (κ2) is 6.93. The van der Waals surface area contributed by atoms with Crippen molar-refractivity contribution in [2.75, 3.05) is 0 Å². The quantitative estimate of drug-likeness (QED) is 0.777. The molecule has 4 nitrogen and oxygen atoms in total. The number of pyridine rings is 1. The molecule has 0 amide bonds. The number of hydrogen-bond acceptors (Lipinski definition) is 3. The molecule has 1 atom stereocenters. The van der Waals surface area contributed by atoms with Gasteiger partial charge in [-0.2, -0.15) is 5.10 Å². The Morgan fingerprint density at radius 2 is 2.12 bits per heavy atom. The molecule has 0 aliphatic heterocycles. The van der Waals surface area contributed by atoms with Crippen molar-refractivity contribution in [3.63, 3.8) is 0 Å². The Balaban J connectivity index is 2.03. The summed E-state index contributed by atoms with van der Waals surface area (Å²) in [7, 11) is 0. The number of rotatable bonds is 5. The number of hydrogen-bond donors (Lipinski definition) is 1. The zero-order chi connectivity index (χ0) is 17.1. The van der Waals surface area contributed by atoms with Crippen LogP contribution in [-0.4, -0.2) is 19.9 Å². The molecule has 24 heavy (non-hydrogen) atoms. The fourth-order valence-corrected chi connectivity index (χ4v) is 2.81. The Morgan fingerprint density at radius 3 is 2.83 bits per heavy atom. The van der Waals surface area contributed by atoms with Crippen molar-refractivity contribution >= 4 is 0 Å². The van der Waals surface area contributed by atoms with E-state index in [9.17, 15) is 9.50 Å². The zero-order valence-corrected chi connectivity index (χ0v) is 13.8. The first-order chi connectivity index (χ1) is 11.6. The lowest BCUT2D eigenvalue weighted by Gasteiger charge is -2.14. The number of halogens is 1. The summed E-state index contributed by atoms with van der Waals surface area (Å²) in [5.74, 6) is -0.364. The van der Waals surface area contributed by atoms with Gasteiger partial charge in [0.2, 0.25) is 0 Å². The van der Waals surface area contributed by atoms with E-state index in [0.29, 0.717) is 12.0 Å². The number of aliphatic hydroxyl groups is 1. The minimum atomic E-state index is -0.770. The first-order valence-electron chi connectivity index (χ1n) is 8.01. The number of aliphatic hydroxyl groups excluding tert-OH is 1. The zero-order valence-electron chi connectivity index (χ0n) is 13.8. The monoisotopic (exact) mass is 325 g/mol. The van der Waals surface area contributed by atoms with Gasteiger partial charge in [-0.05, 0) is 54.8 Å². The van der Waals surface area contributed by atoms with Crippen LogP contribution in [0.15, 0.2) is 48.9 Å². The summed E-state index contributed by atoms with van der Waals surface area (Å²) in [6.07, 6.45) is 5.48. The minimum absolute atomic E-state index is 0.364. The van der Waals surface area contributed by atoms with Gasteiger partial charge in [-0.25, -0.2) is 4.39 Å². The third-order valence-corrected chi connectivity index (χ3v) is 4.02. The van der Waals surface area contributed by atoms with Crippen LogP contribution >= 0.6 is 0 Å². The summed E-state index contributed by atoms with van der Waals surface area (Å²) >= 11 is 0. The average Bonchev–Trinajstić information content (AvgIpc) is 3.03. The van der Waals surface area contributed by atoms with Gasteiger partial charge in [0.1, 0.15) is 5.82 Å². The molecule has 3 rings (SSSR count). The molecule has 0 saturated carbocycles. The second-order valence-electron chi connectivity index (χ2n) is 5.80. The van der Waals surface area contributed by atoms with Gasteiger partial charge in [-0.15, -0.1) is 0 Å². The van der Waals surface area contributed by atoms with Crippen molar-refractivity contribution in [3.05, 3.63) is 71.4 Å². The molecule has 0 bridgehead atoms. The van der Waals surface area contributed by atoms with Crippen molar-refractivity contribution in [2.45, 2.75) is 32.9 Å². The van der Waals surface area contributed by atoms with Gasteiger partial charge in [-0.1, -0.05) is 6.07 Å². The Hall–Kier alpha value is -2.53. The first-order valence-corrected chi connectivity index (χ1v) is 8.01. The second-order valence-corrected chi connectivity index (χ2v) is 5.80. The van der Waals surface area contributed by atoms with E-state index in [0.717, 1.165) is 28.9 Å². The Morgan fingerprint density at radius 1 is 1.29 bits per heavy atom. The van der Waals surface area contributed by atoms with Crippen molar-refractivity contribution in [1.82, 2.24) is 14.8 Å². The molecule has 124 valence electrons. The Kier molecular flexibility index (Phi) is 4.71. The molecule has 0 unspecified atom stereocenters. The van der Waals surface area contributed by atoms with E-state index in [1.165, 1.54) is 12.1 Å². The number of benzene rings is 1. The van der Waals surface area contributed by atoms with Crippen LogP contribution in [0.1, 0.15) is 36.6 Å². The molecule has 0 fully saturated rings. The Labute approximate surface area is 140 Å². The Bertz CT molecular complexity index is 842. The van der Waals surface area contributed by atoms with Crippen LogP contribution in [0.4, 0.5) is 4.39 Å². The molecular weight excluding hydrogens is 305 g/mol. The predicted molar refractivity (Wildman–Crippen MR) is 91.0 cm³/mol. The summed E-state index contributed by atoms with van der Waals surface area (Å²) in [6.45, 7) is 4.50. The maximum absolute atomic E-state index is 13.6. The summed E-state index contributed by atoms with van der Waals surface area (Å²) in [5.41, 5.74) is 4.16. The normalized spacial score (nSPS) is 12.3. The molecular formula is C19H20FN3O. The van der Waals surface area contributed by atoms with Crippen LogP contribution in [0.2, 0.25) is 0 Å². The van der Waals surface area contributed by atoms with E-state index in [4.69, 9.17) is 0 Å². The van der Waals surface area contributed by atoms with Gasteiger partial charge < -0.3 is 5.11 Å². The average molecular weight is 325 g/mol. The van der Waals surface area contributed by atoms with E-state index in [2.05, 4.69) is 10.1 Å². The van der Waals surface area contributed by atoms with Gasteiger partial charge in [0.15, 0.2) is 0 Å². The molecule has 5 heteroatoms. The summed E-state index contributed by atoms with van der Waals surface area (Å²) in [4.78, 5) is 4.48. The van der Waals surface area contributed by atoms with Gasteiger partial charge in [-0.3, -0.25) is 9.67 Å². The van der Waals surface area contributed by atoms with Gasteiger partial charge in [0.05, 0.1) is 18.0 Å². The van der Waals surface area contributed by atoms with E-state index >= 15 is 0 Å². The maximum Gasteiger partial charge on any atom is 0.123 e. The third-order valence-electron chi connectivity index (χ3n) is 4.02. The highest BCUT2D eigenvalue weighted by Gasteiger charge is 2.15. The van der Waals surface area contributed by atoms with Crippen LogP contribution in [-0.2, 0) is 13.0 Å². The highest BCUT2D eigenvalue weighted by Crippen LogP contribution is 2.30. The van der Waals surface area contributed by atoms with Gasteiger partial charge in [0, 0.05) is 30.9 Å². The molecule has 2 aromatic heterocycles. The smallest absolute Gasteiger partial charge is 0.123 e. The molecule has 0 radical (unpaired) electrons. The fourth-order valence-electron chi connectivity index (χ4n) is 2.81. The molecule has 0 spiro atoms. The number of aromatic nitrogens is 3. The third kappa shape index (κ3) is 3.36. The minimum Gasteiger partial charge on any atom is -0.389 e. The SMILES string of the molecule is CCn1cc(Cc2cccnc2-c2ccc(F)cc2[C@@H](C)O)cn1. The lowest BCUT2D eigenvalue weighted by Crippen LogP contribution is -2.01. The van der Waals surface area contributed by atoms with Gasteiger partial charge >= 0.3 is 0 Å². The molecule has 1 aromatic carbocycles. The van der Waals surface area contributed by atoms with E-state index < -0.39 is 6.10 Å². The predicted octanol–water partition coefficient (Wildman–Crippen LogP) is 3.75. The molecule has 0 saturated heterocycles. The lowest BCUT2D eigenvalue weighted by molar-refractivity contribution is 0.199. The standard InChI is InChI=1S/C19H20FN3O/c1-3-23-12-14(11-22-23)9-15-5-4-8-21-19(15)17-7-6-16(20)10-18(17)13(2)24/h4-8,10-13,24H,3,9H2,1-2H3/t13-/m1/s1. The van der Waals surface area contributed by atoms with Crippen LogP contribution in [0, 0.1) is 5.82 Å².